The molecule has 3 aromatic rings. The van der Waals surface area contributed by atoms with E-state index in [0.29, 0.717) is 6.04 Å². The highest BCUT2D eigenvalue weighted by Crippen LogP contribution is 2.28. The fourth-order valence-corrected chi connectivity index (χ4v) is 3.98. The standard InChI is InChI=1S/C16H18N6S/c1-21(15-13-6-9-23-16(13)18-11-17-15)10-12-4-3-8-22(12)14-5-2-7-19-20-14/h2,5-7,9,11-12H,3-4,8,10H2,1H3. The third-order valence-electron chi connectivity index (χ3n) is 4.32. The highest BCUT2D eigenvalue weighted by Gasteiger charge is 2.27. The third-order valence-corrected chi connectivity index (χ3v) is 5.14. The molecule has 0 aliphatic carbocycles. The molecule has 0 N–H and O–H groups in total. The van der Waals surface area contributed by atoms with Gasteiger partial charge in [0.15, 0.2) is 5.82 Å². The van der Waals surface area contributed by atoms with Gasteiger partial charge in [-0.1, -0.05) is 0 Å². The Morgan fingerprint density at radius 3 is 3.17 bits per heavy atom. The van der Waals surface area contributed by atoms with Crippen LogP contribution in [0, 0.1) is 0 Å². The Bertz CT molecular complexity index is 789. The molecular weight excluding hydrogens is 308 g/mol. The van der Waals surface area contributed by atoms with E-state index in [9.17, 15) is 0 Å². The zero-order chi connectivity index (χ0) is 15.6. The van der Waals surface area contributed by atoms with Gasteiger partial charge in [-0.3, -0.25) is 0 Å². The van der Waals surface area contributed by atoms with Crippen LogP contribution in [0.4, 0.5) is 11.6 Å². The molecule has 7 heteroatoms. The Morgan fingerprint density at radius 2 is 2.30 bits per heavy atom. The number of fused-ring (bicyclic) bond motifs is 1. The first-order chi connectivity index (χ1) is 11.3. The van der Waals surface area contributed by atoms with Gasteiger partial charge in [0.05, 0.1) is 5.39 Å². The molecule has 1 aliphatic heterocycles. The van der Waals surface area contributed by atoms with Crippen LogP contribution in [0.1, 0.15) is 12.8 Å². The first kappa shape index (κ1) is 14.3. The van der Waals surface area contributed by atoms with Gasteiger partial charge in [0.2, 0.25) is 0 Å². The number of aromatic nitrogens is 4. The maximum atomic E-state index is 4.49. The summed E-state index contributed by atoms with van der Waals surface area (Å²) in [6.45, 7) is 1.95. The fourth-order valence-electron chi connectivity index (χ4n) is 3.26. The molecule has 0 saturated carbocycles. The van der Waals surface area contributed by atoms with Gasteiger partial charge in [0.1, 0.15) is 17.0 Å². The normalized spacial score (nSPS) is 17.8. The van der Waals surface area contributed by atoms with Gasteiger partial charge in [-0.05, 0) is 36.4 Å². The largest absolute Gasteiger partial charge is 0.357 e. The minimum absolute atomic E-state index is 0.431. The zero-order valence-electron chi connectivity index (χ0n) is 13.0. The summed E-state index contributed by atoms with van der Waals surface area (Å²) in [5.74, 6) is 1.97. The summed E-state index contributed by atoms with van der Waals surface area (Å²) in [5, 5.41) is 11.5. The van der Waals surface area contributed by atoms with Crippen molar-refractivity contribution in [3.05, 3.63) is 36.1 Å². The van der Waals surface area contributed by atoms with Gasteiger partial charge in [0, 0.05) is 32.4 Å². The maximum absolute atomic E-state index is 4.49. The highest BCUT2D eigenvalue weighted by molar-refractivity contribution is 7.16. The second kappa shape index (κ2) is 6.08. The van der Waals surface area contributed by atoms with E-state index in [4.69, 9.17) is 0 Å². The SMILES string of the molecule is CN(CC1CCCN1c1cccnn1)c1ncnc2sccc12. The molecule has 0 amide bonds. The van der Waals surface area contributed by atoms with E-state index in [2.05, 4.69) is 48.5 Å². The smallest absolute Gasteiger partial charge is 0.151 e. The van der Waals surface area contributed by atoms with Gasteiger partial charge < -0.3 is 9.80 Å². The predicted octanol–water partition coefficient (Wildman–Crippen LogP) is 2.59. The molecule has 1 unspecified atom stereocenters. The van der Waals surface area contributed by atoms with Crippen molar-refractivity contribution in [2.24, 2.45) is 0 Å². The van der Waals surface area contributed by atoms with Crippen molar-refractivity contribution in [2.75, 3.05) is 29.9 Å². The Labute approximate surface area is 138 Å². The third kappa shape index (κ3) is 2.72. The quantitative estimate of drug-likeness (QED) is 0.734. The molecule has 0 bridgehead atoms. The monoisotopic (exact) mass is 326 g/mol. The van der Waals surface area contributed by atoms with Gasteiger partial charge in [-0.2, -0.15) is 5.10 Å². The summed E-state index contributed by atoms with van der Waals surface area (Å²) in [7, 11) is 2.10. The fraction of sp³-hybridized carbons (Fsp3) is 0.375. The van der Waals surface area contributed by atoms with Gasteiger partial charge in [-0.25, -0.2) is 9.97 Å². The van der Waals surface area contributed by atoms with Crippen LogP contribution in [0.15, 0.2) is 36.1 Å². The van der Waals surface area contributed by atoms with Crippen LogP contribution in [-0.4, -0.2) is 46.3 Å². The van der Waals surface area contributed by atoms with Gasteiger partial charge in [0.25, 0.3) is 0 Å². The van der Waals surface area contributed by atoms with Crippen LogP contribution in [0.2, 0.25) is 0 Å². The van der Waals surface area contributed by atoms with Crippen LogP contribution in [0.5, 0.6) is 0 Å². The van der Waals surface area contributed by atoms with E-state index in [-0.39, 0.29) is 0 Å². The Kier molecular flexibility index (Phi) is 3.78. The topological polar surface area (TPSA) is 58.0 Å². The summed E-state index contributed by atoms with van der Waals surface area (Å²) in [6.07, 6.45) is 5.72. The predicted molar refractivity (Wildman–Crippen MR) is 93.1 cm³/mol. The molecule has 0 spiro atoms. The highest BCUT2D eigenvalue weighted by atomic mass is 32.1. The average molecular weight is 326 g/mol. The number of rotatable bonds is 4. The van der Waals surface area contributed by atoms with Crippen LogP contribution in [0.3, 0.4) is 0 Å². The lowest BCUT2D eigenvalue weighted by Gasteiger charge is -2.29. The lowest BCUT2D eigenvalue weighted by atomic mass is 10.2. The van der Waals surface area contributed by atoms with Crippen LogP contribution < -0.4 is 9.80 Å². The van der Waals surface area contributed by atoms with Gasteiger partial charge in [-0.15, -0.1) is 16.4 Å². The van der Waals surface area contributed by atoms with Crippen molar-refractivity contribution in [2.45, 2.75) is 18.9 Å². The van der Waals surface area contributed by atoms with Crippen molar-refractivity contribution in [3.8, 4) is 0 Å². The van der Waals surface area contributed by atoms with Crippen molar-refractivity contribution < 1.29 is 0 Å². The number of anilines is 2. The summed E-state index contributed by atoms with van der Waals surface area (Å²) in [5.41, 5.74) is 0. The summed E-state index contributed by atoms with van der Waals surface area (Å²) in [6, 6.07) is 6.51. The number of likely N-dealkylation sites (N-methyl/N-ethyl adjacent to an activating group) is 1. The summed E-state index contributed by atoms with van der Waals surface area (Å²) < 4.78 is 0. The Morgan fingerprint density at radius 1 is 1.35 bits per heavy atom. The molecule has 1 atom stereocenters. The number of nitrogens with zero attached hydrogens (tertiary/aromatic N) is 6. The zero-order valence-corrected chi connectivity index (χ0v) is 13.8. The molecule has 0 aromatic carbocycles. The first-order valence-corrected chi connectivity index (χ1v) is 8.64. The lowest BCUT2D eigenvalue weighted by molar-refractivity contribution is 0.644. The lowest BCUT2D eigenvalue weighted by Crippen LogP contribution is -2.39. The molecular formula is C16H18N6S. The minimum Gasteiger partial charge on any atom is -0.357 e. The molecule has 23 heavy (non-hydrogen) atoms. The van der Waals surface area contributed by atoms with E-state index < -0.39 is 0 Å². The van der Waals surface area contributed by atoms with E-state index in [0.717, 1.165) is 34.9 Å². The van der Waals surface area contributed by atoms with E-state index >= 15 is 0 Å². The molecule has 3 aromatic heterocycles. The molecule has 4 heterocycles. The van der Waals surface area contributed by atoms with Crippen molar-refractivity contribution >= 4 is 33.2 Å². The number of hydrogen-bond donors (Lipinski definition) is 0. The van der Waals surface area contributed by atoms with Gasteiger partial charge >= 0.3 is 0 Å². The first-order valence-electron chi connectivity index (χ1n) is 7.76. The number of hydrogen-bond acceptors (Lipinski definition) is 7. The average Bonchev–Trinajstić information content (AvgIpc) is 3.24. The van der Waals surface area contributed by atoms with Crippen molar-refractivity contribution in [1.82, 2.24) is 20.2 Å². The number of thiophene rings is 1. The maximum Gasteiger partial charge on any atom is 0.151 e. The molecule has 118 valence electrons. The Balaban J connectivity index is 1.56. The van der Waals surface area contributed by atoms with Crippen LogP contribution >= 0.6 is 11.3 Å². The second-order valence-corrected chi connectivity index (χ2v) is 6.68. The molecule has 1 saturated heterocycles. The molecule has 1 fully saturated rings. The second-order valence-electron chi connectivity index (χ2n) is 5.79. The Hall–Kier alpha value is -2.28. The summed E-state index contributed by atoms with van der Waals surface area (Å²) >= 11 is 1.65. The van der Waals surface area contributed by atoms with Crippen molar-refractivity contribution in [3.63, 3.8) is 0 Å². The molecule has 6 nitrogen and oxygen atoms in total. The minimum atomic E-state index is 0.431. The molecule has 0 radical (unpaired) electrons. The molecule has 1 aliphatic rings. The van der Waals surface area contributed by atoms with E-state index in [1.807, 2.05) is 12.1 Å². The van der Waals surface area contributed by atoms with Crippen LogP contribution in [0.25, 0.3) is 10.2 Å². The van der Waals surface area contributed by atoms with E-state index in [1.165, 1.54) is 12.8 Å². The molecule has 4 rings (SSSR count). The van der Waals surface area contributed by atoms with Crippen LogP contribution in [-0.2, 0) is 0 Å². The summed E-state index contributed by atoms with van der Waals surface area (Å²) in [4.78, 5) is 14.5. The van der Waals surface area contributed by atoms with Crippen molar-refractivity contribution in [1.29, 1.82) is 0 Å². The van der Waals surface area contributed by atoms with E-state index in [1.54, 1.807) is 23.9 Å².